The number of nitrogens with one attached hydrogen (secondary N) is 2. The topological polar surface area (TPSA) is 92.1 Å². The third kappa shape index (κ3) is 3.24. The van der Waals surface area contributed by atoms with Crippen LogP contribution in [0.5, 0.6) is 0 Å². The molecular weight excluding hydrogens is 385 g/mol. The maximum absolute atomic E-state index is 13.3. The molecular formula is C22H20FN5O2. The molecule has 0 atom stereocenters. The Morgan fingerprint density at radius 3 is 2.70 bits per heavy atom. The van der Waals surface area contributed by atoms with Crippen LogP contribution < -0.4 is 10.9 Å². The van der Waals surface area contributed by atoms with Gasteiger partial charge in [0.1, 0.15) is 17.2 Å². The number of benzene rings is 1. The predicted molar refractivity (Wildman–Crippen MR) is 110 cm³/mol. The van der Waals surface area contributed by atoms with Gasteiger partial charge in [0.2, 0.25) is 0 Å². The van der Waals surface area contributed by atoms with Gasteiger partial charge >= 0.3 is 0 Å². The van der Waals surface area contributed by atoms with Gasteiger partial charge in [0.25, 0.3) is 11.5 Å². The number of aromatic amines is 1. The van der Waals surface area contributed by atoms with Crippen LogP contribution >= 0.6 is 0 Å². The second-order valence-corrected chi connectivity index (χ2v) is 7.72. The van der Waals surface area contributed by atoms with E-state index in [1.54, 1.807) is 4.40 Å². The van der Waals surface area contributed by atoms with Crippen molar-refractivity contribution in [2.24, 2.45) is 0 Å². The van der Waals surface area contributed by atoms with Crippen molar-refractivity contribution in [2.45, 2.75) is 37.6 Å². The first-order chi connectivity index (χ1) is 14.6. The summed E-state index contributed by atoms with van der Waals surface area (Å²) in [6, 6.07) is 10.2. The largest absolute Gasteiger partial charge is 0.348 e. The van der Waals surface area contributed by atoms with Crippen LogP contribution in [-0.4, -0.2) is 31.5 Å². The van der Waals surface area contributed by atoms with Crippen molar-refractivity contribution in [1.82, 2.24) is 24.9 Å². The van der Waals surface area contributed by atoms with E-state index in [0.717, 1.165) is 36.8 Å². The molecule has 2 N–H and O–H groups in total. The third-order valence-electron chi connectivity index (χ3n) is 5.88. The maximum atomic E-state index is 13.3. The minimum atomic E-state index is -0.387. The summed E-state index contributed by atoms with van der Waals surface area (Å²) >= 11 is 0. The van der Waals surface area contributed by atoms with Crippen molar-refractivity contribution in [3.05, 3.63) is 76.4 Å². The van der Waals surface area contributed by atoms with E-state index in [-0.39, 0.29) is 29.2 Å². The molecule has 5 rings (SSSR count). The third-order valence-corrected chi connectivity index (χ3v) is 5.88. The van der Waals surface area contributed by atoms with Gasteiger partial charge < -0.3 is 5.32 Å². The van der Waals surface area contributed by atoms with Crippen molar-refractivity contribution >= 4 is 22.3 Å². The molecule has 0 spiro atoms. The van der Waals surface area contributed by atoms with Gasteiger partial charge in [0.05, 0.1) is 17.3 Å². The standard InChI is InChI=1S/C22H20FN5O2/c23-14-9-10-28-18(12-24-19(28)11-14)22(30)25-15-7-5-13(6-8-15)20-16-3-1-2-4-17(16)21(29)27-26-20/h1-4,9-13,15H,5-8H2,(H,25,30)(H,27,29). The SMILES string of the molecule is O=C(NC1CCC(c2n[nH]c(=O)c3ccccc23)CC1)c1cnc2cc(F)ccn12. The zero-order valence-electron chi connectivity index (χ0n) is 16.1. The Balaban J connectivity index is 1.29. The Morgan fingerprint density at radius 2 is 1.90 bits per heavy atom. The van der Waals surface area contributed by atoms with E-state index < -0.39 is 0 Å². The molecule has 0 saturated heterocycles. The molecule has 8 heteroatoms. The molecule has 3 aromatic heterocycles. The molecule has 0 bridgehead atoms. The molecule has 7 nitrogen and oxygen atoms in total. The van der Waals surface area contributed by atoms with Gasteiger partial charge in [-0.3, -0.25) is 14.0 Å². The van der Waals surface area contributed by atoms with E-state index in [1.165, 1.54) is 24.5 Å². The summed E-state index contributed by atoms with van der Waals surface area (Å²) in [4.78, 5) is 28.8. The minimum absolute atomic E-state index is 0.0498. The summed E-state index contributed by atoms with van der Waals surface area (Å²) in [5, 5.41) is 11.6. The molecule has 1 fully saturated rings. The van der Waals surface area contributed by atoms with Crippen molar-refractivity contribution < 1.29 is 9.18 Å². The van der Waals surface area contributed by atoms with Crippen molar-refractivity contribution in [3.8, 4) is 0 Å². The Labute approximate surface area is 171 Å². The van der Waals surface area contributed by atoms with Gasteiger partial charge in [-0.25, -0.2) is 14.5 Å². The van der Waals surface area contributed by atoms with Gasteiger partial charge in [-0.2, -0.15) is 5.10 Å². The monoisotopic (exact) mass is 405 g/mol. The second-order valence-electron chi connectivity index (χ2n) is 7.72. The van der Waals surface area contributed by atoms with Crippen LogP contribution in [0.1, 0.15) is 47.8 Å². The fourth-order valence-corrected chi connectivity index (χ4v) is 4.34. The van der Waals surface area contributed by atoms with Crippen LogP contribution in [0.3, 0.4) is 0 Å². The van der Waals surface area contributed by atoms with Crippen LogP contribution in [0.4, 0.5) is 4.39 Å². The number of H-pyrrole nitrogens is 1. The number of pyridine rings is 1. The van der Waals surface area contributed by atoms with Crippen LogP contribution in [-0.2, 0) is 0 Å². The number of rotatable bonds is 3. The first kappa shape index (κ1) is 18.5. The van der Waals surface area contributed by atoms with Gasteiger partial charge in [0.15, 0.2) is 0 Å². The quantitative estimate of drug-likeness (QED) is 0.548. The average Bonchev–Trinajstić information content (AvgIpc) is 3.18. The number of hydrogen-bond donors (Lipinski definition) is 2. The lowest BCUT2D eigenvalue weighted by molar-refractivity contribution is 0.0919. The number of amides is 1. The van der Waals surface area contributed by atoms with E-state index in [2.05, 4.69) is 20.5 Å². The molecule has 1 aromatic carbocycles. The highest BCUT2D eigenvalue weighted by Gasteiger charge is 2.27. The van der Waals surface area contributed by atoms with Gasteiger partial charge in [-0.05, 0) is 37.8 Å². The van der Waals surface area contributed by atoms with E-state index >= 15 is 0 Å². The molecule has 0 unspecified atom stereocenters. The molecule has 1 amide bonds. The number of carbonyl (C=O) groups excluding carboxylic acids is 1. The van der Waals surface area contributed by atoms with Crippen LogP contribution in [0.15, 0.2) is 53.6 Å². The normalized spacial score (nSPS) is 19.2. The number of imidazole rings is 1. The molecule has 1 aliphatic rings. The zero-order valence-corrected chi connectivity index (χ0v) is 16.1. The summed E-state index contributed by atoms with van der Waals surface area (Å²) in [6.45, 7) is 0. The minimum Gasteiger partial charge on any atom is -0.348 e. The number of aromatic nitrogens is 4. The predicted octanol–water partition coefficient (Wildman–Crippen LogP) is 3.17. The highest BCUT2D eigenvalue weighted by Crippen LogP contribution is 2.34. The van der Waals surface area contributed by atoms with Crippen molar-refractivity contribution in [3.63, 3.8) is 0 Å². The number of fused-ring (bicyclic) bond motifs is 2. The fraction of sp³-hybridized carbons (Fsp3) is 0.273. The molecule has 30 heavy (non-hydrogen) atoms. The lowest BCUT2D eigenvalue weighted by Crippen LogP contribution is -2.38. The highest BCUT2D eigenvalue weighted by molar-refractivity contribution is 5.93. The first-order valence-electron chi connectivity index (χ1n) is 10.0. The van der Waals surface area contributed by atoms with Crippen molar-refractivity contribution in [1.29, 1.82) is 0 Å². The maximum Gasteiger partial charge on any atom is 0.272 e. The van der Waals surface area contributed by atoms with E-state index in [9.17, 15) is 14.0 Å². The lowest BCUT2D eigenvalue weighted by atomic mass is 9.82. The summed E-state index contributed by atoms with van der Waals surface area (Å²) in [6.07, 6.45) is 6.34. The molecule has 1 saturated carbocycles. The molecule has 4 aromatic rings. The van der Waals surface area contributed by atoms with Crippen LogP contribution in [0.2, 0.25) is 0 Å². The number of carbonyl (C=O) groups is 1. The summed E-state index contributed by atoms with van der Waals surface area (Å²) in [7, 11) is 0. The Morgan fingerprint density at radius 1 is 1.13 bits per heavy atom. The molecule has 1 aliphatic carbocycles. The Hall–Kier alpha value is -3.55. The smallest absolute Gasteiger partial charge is 0.272 e. The molecule has 3 heterocycles. The Kier molecular flexibility index (Phi) is 4.54. The number of hydrogen-bond acceptors (Lipinski definition) is 4. The molecule has 0 aliphatic heterocycles. The summed E-state index contributed by atoms with van der Waals surface area (Å²) in [5.74, 6) is -0.370. The average molecular weight is 405 g/mol. The Bertz CT molecular complexity index is 1300. The van der Waals surface area contributed by atoms with E-state index in [0.29, 0.717) is 16.7 Å². The number of nitrogens with zero attached hydrogens (tertiary/aromatic N) is 3. The van der Waals surface area contributed by atoms with Crippen molar-refractivity contribution in [2.75, 3.05) is 0 Å². The summed E-state index contributed by atoms with van der Waals surface area (Å²) < 4.78 is 14.9. The van der Waals surface area contributed by atoms with Gasteiger partial charge in [-0.1, -0.05) is 18.2 Å². The molecule has 0 radical (unpaired) electrons. The van der Waals surface area contributed by atoms with E-state index in [1.807, 2.05) is 24.3 Å². The first-order valence-corrected chi connectivity index (χ1v) is 10.0. The zero-order chi connectivity index (χ0) is 20.7. The number of halogens is 1. The fourth-order valence-electron chi connectivity index (χ4n) is 4.34. The van der Waals surface area contributed by atoms with Crippen LogP contribution in [0, 0.1) is 5.82 Å². The van der Waals surface area contributed by atoms with Gasteiger partial charge in [0, 0.05) is 29.6 Å². The highest BCUT2D eigenvalue weighted by atomic mass is 19.1. The molecule has 152 valence electrons. The van der Waals surface area contributed by atoms with Gasteiger partial charge in [-0.15, -0.1) is 0 Å². The van der Waals surface area contributed by atoms with Crippen LogP contribution in [0.25, 0.3) is 16.4 Å². The second kappa shape index (κ2) is 7.37. The summed E-state index contributed by atoms with van der Waals surface area (Å²) in [5.41, 5.74) is 1.53. The van der Waals surface area contributed by atoms with E-state index in [4.69, 9.17) is 0 Å². The lowest BCUT2D eigenvalue weighted by Gasteiger charge is -2.29.